The van der Waals surface area contributed by atoms with Crippen molar-refractivity contribution in [3.8, 4) is 11.5 Å². The van der Waals surface area contributed by atoms with Crippen molar-refractivity contribution in [2.24, 2.45) is 0 Å². The molecule has 0 unspecified atom stereocenters. The number of carbonyl (C=O) groups is 2. The lowest BCUT2D eigenvalue weighted by Crippen LogP contribution is -2.11. The van der Waals surface area contributed by atoms with E-state index in [1.165, 1.54) is 7.11 Å². The van der Waals surface area contributed by atoms with E-state index in [0.717, 1.165) is 10.8 Å². The molecule has 0 heterocycles. The molecule has 0 fully saturated rings. The first-order chi connectivity index (χ1) is 11.2. The first-order valence-corrected chi connectivity index (χ1v) is 7.06. The first kappa shape index (κ1) is 14.8. The third-order valence-electron chi connectivity index (χ3n) is 3.58. The number of benzene rings is 3. The number of esters is 1. The molecule has 3 rings (SSSR count). The highest BCUT2D eigenvalue weighted by Crippen LogP contribution is 2.28. The number of hydrogen-bond donors (Lipinski definition) is 0. The molecule has 4 nitrogen and oxygen atoms in total. The molecule has 23 heavy (non-hydrogen) atoms. The predicted molar refractivity (Wildman–Crippen MR) is 87.3 cm³/mol. The molecule has 3 aromatic rings. The Bertz CT molecular complexity index is 883. The van der Waals surface area contributed by atoms with Gasteiger partial charge in [0.2, 0.25) is 0 Å². The molecule has 0 aromatic heterocycles. The van der Waals surface area contributed by atoms with E-state index < -0.39 is 5.97 Å². The lowest BCUT2D eigenvalue weighted by Gasteiger charge is -2.11. The van der Waals surface area contributed by atoms with Gasteiger partial charge in [-0.15, -0.1) is 0 Å². The van der Waals surface area contributed by atoms with Crippen molar-refractivity contribution in [2.75, 3.05) is 7.11 Å². The molecule has 0 bridgehead atoms. The van der Waals surface area contributed by atoms with Crippen LogP contribution in [-0.2, 0) is 0 Å². The van der Waals surface area contributed by atoms with E-state index in [1.54, 1.807) is 30.3 Å². The van der Waals surface area contributed by atoms with Gasteiger partial charge < -0.3 is 9.47 Å². The average Bonchev–Trinajstić information content (AvgIpc) is 2.61. The largest absolute Gasteiger partial charge is 0.496 e. The second-order valence-corrected chi connectivity index (χ2v) is 4.91. The van der Waals surface area contributed by atoms with Crippen LogP contribution in [0, 0.1) is 0 Å². The van der Waals surface area contributed by atoms with Gasteiger partial charge in [-0.05, 0) is 29.0 Å². The quantitative estimate of drug-likeness (QED) is 0.417. The summed E-state index contributed by atoms with van der Waals surface area (Å²) < 4.78 is 10.6. The number of carbonyl (C=O) groups excluding carboxylic acids is 2. The summed E-state index contributed by atoms with van der Waals surface area (Å²) in [6.07, 6.45) is 0.702. The van der Waals surface area contributed by atoms with Crippen LogP contribution in [0.15, 0.2) is 60.7 Å². The van der Waals surface area contributed by atoms with Crippen molar-refractivity contribution in [1.29, 1.82) is 0 Å². The maximum Gasteiger partial charge on any atom is 0.347 e. The van der Waals surface area contributed by atoms with Gasteiger partial charge in [0.25, 0.3) is 0 Å². The fourth-order valence-electron chi connectivity index (χ4n) is 2.45. The Morgan fingerprint density at radius 1 is 0.913 bits per heavy atom. The Morgan fingerprint density at radius 2 is 1.65 bits per heavy atom. The molecule has 0 amide bonds. The van der Waals surface area contributed by atoms with Gasteiger partial charge in [0, 0.05) is 0 Å². The van der Waals surface area contributed by atoms with Gasteiger partial charge in [-0.25, -0.2) is 4.79 Å². The number of rotatable bonds is 4. The minimum absolute atomic E-state index is 0.231. The second kappa shape index (κ2) is 6.32. The topological polar surface area (TPSA) is 52.6 Å². The van der Waals surface area contributed by atoms with Crippen LogP contribution >= 0.6 is 0 Å². The van der Waals surface area contributed by atoms with E-state index in [0.29, 0.717) is 23.2 Å². The highest BCUT2D eigenvalue weighted by molar-refractivity contribution is 6.02. The van der Waals surface area contributed by atoms with E-state index in [9.17, 15) is 9.59 Å². The van der Waals surface area contributed by atoms with Gasteiger partial charge in [0.05, 0.1) is 12.7 Å². The molecule has 0 saturated heterocycles. The molecule has 114 valence electrons. The summed E-state index contributed by atoms with van der Waals surface area (Å²) in [7, 11) is 1.49. The summed E-state index contributed by atoms with van der Waals surface area (Å²) in [6.45, 7) is 0. The van der Waals surface area contributed by atoms with Crippen molar-refractivity contribution in [3.05, 3.63) is 71.8 Å². The van der Waals surface area contributed by atoms with Crippen LogP contribution in [0.3, 0.4) is 0 Å². The molecule has 0 saturated carbocycles. The average molecular weight is 306 g/mol. The monoisotopic (exact) mass is 306 g/mol. The van der Waals surface area contributed by atoms with E-state index in [2.05, 4.69) is 0 Å². The van der Waals surface area contributed by atoms with Crippen LogP contribution in [-0.4, -0.2) is 19.4 Å². The van der Waals surface area contributed by atoms with Gasteiger partial charge in [-0.1, -0.05) is 42.5 Å². The van der Waals surface area contributed by atoms with Gasteiger partial charge in [-0.3, -0.25) is 4.79 Å². The third-order valence-corrected chi connectivity index (χ3v) is 3.58. The fourth-order valence-corrected chi connectivity index (χ4v) is 2.45. The Kier molecular flexibility index (Phi) is 4.06. The maximum absolute atomic E-state index is 12.4. The molecule has 3 aromatic carbocycles. The molecule has 0 atom stereocenters. The molecular weight excluding hydrogens is 292 g/mol. The summed E-state index contributed by atoms with van der Waals surface area (Å²) in [5, 5.41) is 1.65. The number of hydrogen-bond acceptors (Lipinski definition) is 4. The minimum Gasteiger partial charge on any atom is -0.496 e. The summed E-state index contributed by atoms with van der Waals surface area (Å²) in [4.78, 5) is 23.8. The van der Waals surface area contributed by atoms with Crippen LogP contribution in [0.1, 0.15) is 20.7 Å². The molecule has 0 spiro atoms. The molecule has 0 aliphatic carbocycles. The van der Waals surface area contributed by atoms with Gasteiger partial charge in [-0.2, -0.15) is 0 Å². The van der Waals surface area contributed by atoms with Crippen molar-refractivity contribution in [3.63, 3.8) is 0 Å². The Labute approximate surface area is 133 Å². The van der Waals surface area contributed by atoms with Crippen LogP contribution in [0.4, 0.5) is 0 Å². The smallest absolute Gasteiger partial charge is 0.347 e. The highest BCUT2D eigenvalue weighted by Gasteiger charge is 2.17. The minimum atomic E-state index is -0.569. The zero-order valence-electron chi connectivity index (χ0n) is 12.5. The van der Waals surface area contributed by atoms with E-state index in [1.807, 2.05) is 30.3 Å². The number of aldehydes is 1. The van der Waals surface area contributed by atoms with Crippen molar-refractivity contribution >= 4 is 23.0 Å². The Hall–Kier alpha value is -3.14. The lowest BCUT2D eigenvalue weighted by molar-refractivity contribution is 0.0730. The van der Waals surface area contributed by atoms with E-state index in [4.69, 9.17) is 9.47 Å². The first-order valence-electron chi connectivity index (χ1n) is 7.06. The van der Waals surface area contributed by atoms with Crippen molar-refractivity contribution in [2.45, 2.75) is 0 Å². The predicted octanol–water partition coefficient (Wildman–Crippen LogP) is 3.88. The number of fused-ring (bicyclic) bond motifs is 1. The third kappa shape index (κ3) is 2.79. The molecular formula is C19H14O4. The standard InChI is InChI=1S/C19H14O4/c1-22-17-9-5-4-8-15(17)19(21)23-18-11-10-13-6-2-3-7-14(13)16(18)12-20/h2-12H,1H3. The molecule has 0 aliphatic heterocycles. The lowest BCUT2D eigenvalue weighted by atomic mass is 10.0. The zero-order valence-corrected chi connectivity index (χ0v) is 12.5. The van der Waals surface area contributed by atoms with Crippen LogP contribution < -0.4 is 9.47 Å². The normalized spacial score (nSPS) is 10.3. The molecule has 0 aliphatic rings. The van der Waals surface area contributed by atoms with Gasteiger partial charge in [0.1, 0.15) is 17.1 Å². The molecule has 4 heteroatoms. The fraction of sp³-hybridized carbons (Fsp3) is 0.0526. The molecule has 0 radical (unpaired) electrons. The Balaban J connectivity index is 2.01. The van der Waals surface area contributed by atoms with Crippen molar-refractivity contribution in [1.82, 2.24) is 0 Å². The maximum atomic E-state index is 12.4. The van der Waals surface area contributed by atoms with Crippen molar-refractivity contribution < 1.29 is 19.1 Å². The summed E-state index contributed by atoms with van der Waals surface area (Å²) in [5.74, 6) is 0.0846. The number of ether oxygens (including phenoxy) is 2. The SMILES string of the molecule is COc1ccccc1C(=O)Oc1ccc2ccccc2c1C=O. The van der Waals surface area contributed by atoms with Gasteiger partial charge in [0.15, 0.2) is 6.29 Å². The van der Waals surface area contributed by atoms with Crippen LogP contribution in [0.2, 0.25) is 0 Å². The molecule has 0 N–H and O–H groups in total. The van der Waals surface area contributed by atoms with Gasteiger partial charge >= 0.3 is 5.97 Å². The Morgan fingerprint density at radius 3 is 2.43 bits per heavy atom. The van der Waals surface area contributed by atoms with E-state index >= 15 is 0 Å². The second-order valence-electron chi connectivity index (χ2n) is 4.91. The summed E-state index contributed by atoms with van der Waals surface area (Å²) in [5.41, 5.74) is 0.659. The highest BCUT2D eigenvalue weighted by atomic mass is 16.5. The van der Waals surface area contributed by atoms with E-state index in [-0.39, 0.29) is 5.75 Å². The van der Waals surface area contributed by atoms with Crippen LogP contribution in [0.25, 0.3) is 10.8 Å². The number of para-hydroxylation sites is 1. The summed E-state index contributed by atoms with van der Waals surface area (Å²) in [6, 6.07) is 17.7. The van der Waals surface area contributed by atoms with Crippen LogP contribution in [0.5, 0.6) is 11.5 Å². The number of methoxy groups -OCH3 is 1. The summed E-state index contributed by atoms with van der Waals surface area (Å²) >= 11 is 0. The zero-order chi connectivity index (χ0) is 16.2.